The molecule has 0 bridgehead atoms. The lowest BCUT2D eigenvalue weighted by Crippen LogP contribution is -2.50. The molecule has 2 atom stereocenters. The van der Waals surface area contributed by atoms with E-state index in [0.29, 0.717) is 44.0 Å². The summed E-state index contributed by atoms with van der Waals surface area (Å²) in [6.45, 7) is 7.63. The van der Waals surface area contributed by atoms with E-state index in [0.717, 1.165) is 41.3 Å². The zero-order valence-corrected chi connectivity index (χ0v) is 26.4. The maximum atomic E-state index is 13.9. The van der Waals surface area contributed by atoms with E-state index in [4.69, 9.17) is 14.6 Å². The van der Waals surface area contributed by atoms with Crippen LogP contribution < -0.4 is 14.9 Å². The predicted octanol–water partition coefficient (Wildman–Crippen LogP) is 2.93. The quantitative estimate of drug-likeness (QED) is 0.251. The van der Waals surface area contributed by atoms with Crippen molar-refractivity contribution in [1.82, 2.24) is 15.2 Å². The normalized spacial score (nSPS) is 17.8. The lowest BCUT2D eigenvalue weighted by atomic mass is 9.99. The Morgan fingerprint density at radius 2 is 1.84 bits per heavy atom. The number of carbonyl (C=O) groups excluding carboxylic acids is 1. The number of aryl methyl sites for hydroxylation is 2. The van der Waals surface area contributed by atoms with Gasteiger partial charge in [0.25, 0.3) is 12.4 Å². The minimum atomic E-state index is -3.58. The molecular formula is C32H44N4O7S. The van der Waals surface area contributed by atoms with Gasteiger partial charge >= 0.3 is 0 Å². The number of benzene rings is 2. The van der Waals surface area contributed by atoms with E-state index in [-0.39, 0.29) is 30.2 Å². The number of aliphatic hydroxyl groups excluding tert-OH is 1. The molecule has 3 aromatic rings. The molecule has 0 aliphatic carbocycles. The summed E-state index contributed by atoms with van der Waals surface area (Å²) in [6.07, 6.45) is 4.18. The molecule has 2 aliphatic heterocycles. The average molecular weight is 629 g/mol. The Bertz CT molecular complexity index is 1520. The zero-order valence-electron chi connectivity index (χ0n) is 25.6. The molecule has 11 nitrogen and oxygen atoms in total. The van der Waals surface area contributed by atoms with Crippen LogP contribution in [0.1, 0.15) is 55.1 Å². The van der Waals surface area contributed by atoms with Gasteiger partial charge in [-0.05, 0) is 62.8 Å². The number of rotatable bonds is 10. The minimum absolute atomic E-state index is 0.000213. The molecule has 3 heterocycles. The van der Waals surface area contributed by atoms with E-state index in [1.54, 1.807) is 6.07 Å². The third-order valence-electron chi connectivity index (χ3n) is 8.19. The molecule has 0 spiro atoms. The smallest absolute Gasteiger partial charge is 0.290 e. The maximum absolute atomic E-state index is 13.9. The zero-order chi connectivity index (χ0) is 31.9. The summed E-state index contributed by atoms with van der Waals surface area (Å²) in [5, 5.41) is 25.6. The van der Waals surface area contributed by atoms with E-state index in [1.807, 2.05) is 61.0 Å². The molecule has 0 radical (unpaired) electrons. The van der Waals surface area contributed by atoms with Gasteiger partial charge in [-0.3, -0.25) is 13.9 Å². The molecule has 240 valence electrons. The Morgan fingerprint density at radius 3 is 2.48 bits per heavy atom. The summed E-state index contributed by atoms with van der Waals surface area (Å²) >= 11 is 0. The molecule has 2 aliphatic rings. The van der Waals surface area contributed by atoms with Gasteiger partial charge < -0.3 is 30.2 Å². The van der Waals surface area contributed by atoms with Crippen molar-refractivity contribution < 1.29 is 33.0 Å². The molecule has 1 saturated heterocycles. The van der Waals surface area contributed by atoms with E-state index >= 15 is 0 Å². The third-order valence-corrected chi connectivity index (χ3v) is 10.1. The Labute approximate surface area is 259 Å². The monoisotopic (exact) mass is 628 g/mol. The lowest BCUT2D eigenvalue weighted by Gasteiger charge is -2.29. The molecule has 5 rings (SSSR count). The highest BCUT2D eigenvalue weighted by Gasteiger charge is 2.33. The molecule has 0 saturated carbocycles. The molecule has 44 heavy (non-hydrogen) atoms. The number of anilines is 1. The first-order valence-electron chi connectivity index (χ1n) is 15.2. The number of aliphatic hydroxyl groups is 1. The van der Waals surface area contributed by atoms with Crippen LogP contribution in [0.5, 0.6) is 0 Å². The molecule has 12 heteroatoms. The molecule has 2 aromatic carbocycles. The van der Waals surface area contributed by atoms with Crippen LogP contribution in [0, 0.1) is 0 Å². The van der Waals surface area contributed by atoms with Crippen molar-refractivity contribution in [2.75, 3.05) is 29.8 Å². The van der Waals surface area contributed by atoms with E-state index in [2.05, 4.69) is 17.6 Å². The lowest BCUT2D eigenvalue weighted by molar-refractivity contribution is -0.122. The van der Waals surface area contributed by atoms with E-state index in [9.17, 15) is 18.3 Å². The highest BCUT2D eigenvalue weighted by Crippen LogP contribution is 2.37. The van der Waals surface area contributed by atoms with Gasteiger partial charge in [-0.15, -0.1) is 0 Å². The first kappa shape index (κ1) is 33.4. The Balaban J connectivity index is 0.00000141. The maximum Gasteiger partial charge on any atom is 0.290 e. The van der Waals surface area contributed by atoms with Crippen molar-refractivity contribution in [3.8, 4) is 0 Å². The Morgan fingerprint density at radius 1 is 1.16 bits per heavy atom. The van der Waals surface area contributed by atoms with Crippen LogP contribution in [0.4, 0.5) is 5.69 Å². The van der Waals surface area contributed by atoms with Gasteiger partial charge in [0.2, 0.25) is 10.0 Å². The largest absolute Gasteiger partial charge is 0.483 e. The summed E-state index contributed by atoms with van der Waals surface area (Å²) in [5.41, 5.74) is 3.83. The highest BCUT2D eigenvalue weighted by molar-refractivity contribution is 7.92. The second-order valence-corrected chi connectivity index (χ2v) is 13.5. The Kier molecular flexibility index (Phi) is 11.4. The molecular weight excluding hydrogens is 584 g/mol. The fourth-order valence-corrected chi connectivity index (χ4v) is 7.75. The molecule has 1 aromatic heterocycles. The van der Waals surface area contributed by atoms with Crippen LogP contribution in [-0.4, -0.2) is 85.3 Å². The van der Waals surface area contributed by atoms with Gasteiger partial charge in [-0.25, -0.2) is 8.42 Å². The minimum Gasteiger partial charge on any atom is -0.483 e. The number of aromatic nitrogens is 1. The fourth-order valence-electron chi connectivity index (χ4n) is 6.04. The van der Waals surface area contributed by atoms with Gasteiger partial charge in [0, 0.05) is 55.5 Å². The molecule has 1 fully saturated rings. The van der Waals surface area contributed by atoms with Crippen LogP contribution in [0.15, 0.2) is 48.7 Å². The number of nitrogens with one attached hydrogen (secondary N) is 2. The van der Waals surface area contributed by atoms with Crippen LogP contribution in [0.3, 0.4) is 0 Å². The van der Waals surface area contributed by atoms with Crippen molar-refractivity contribution >= 4 is 39.0 Å². The predicted molar refractivity (Wildman–Crippen MR) is 171 cm³/mol. The average Bonchev–Trinajstić information content (AvgIpc) is 3.32. The number of hydrogen-bond donors (Lipinski definition) is 4. The number of sulfonamides is 1. The molecule has 4 N–H and O–H groups in total. The second kappa shape index (κ2) is 15.0. The van der Waals surface area contributed by atoms with Crippen molar-refractivity contribution in [3.63, 3.8) is 0 Å². The van der Waals surface area contributed by atoms with Crippen molar-refractivity contribution in [3.05, 3.63) is 65.4 Å². The SMILES string of the molecule is CCc1cn2c3c(cc(C(=O)N[C@@H](Cc4ccccc4)[C@H](O)CNC4CCOCC4)cc13)N(C(C)C)S(=O)(=O)CC2.O=CO. The van der Waals surface area contributed by atoms with Gasteiger partial charge in [-0.2, -0.15) is 0 Å². The van der Waals surface area contributed by atoms with Gasteiger partial charge in [0.1, 0.15) is 0 Å². The fraction of sp³-hybridized carbons (Fsp3) is 0.500. The number of amides is 1. The summed E-state index contributed by atoms with van der Waals surface area (Å²) in [4.78, 5) is 22.2. The van der Waals surface area contributed by atoms with Crippen molar-refractivity contribution in [1.29, 1.82) is 0 Å². The third kappa shape index (κ3) is 7.79. The van der Waals surface area contributed by atoms with E-state index in [1.165, 1.54) is 4.31 Å². The molecule has 1 amide bonds. The molecule has 0 unspecified atom stereocenters. The highest BCUT2D eigenvalue weighted by atomic mass is 32.2. The van der Waals surface area contributed by atoms with Crippen LogP contribution in [0.25, 0.3) is 10.9 Å². The first-order chi connectivity index (χ1) is 21.1. The summed E-state index contributed by atoms with van der Waals surface area (Å²) in [6, 6.07) is 12.8. The first-order valence-corrected chi connectivity index (χ1v) is 16.8. The number of carboxylic acid groups (broad SMARTS) is 1. The van der Waals surface area contributed by atoms with Gasteiger partial charge in [0.15, 0.2) is 0 Å². The number of nitrogens with zero attached hydrogens (tertiary/aromatic N) is 2. The second-order valence-electron chi connectivity index (χ2n) is 11.5. The van der Waals surface area contributed by atoms with Crippen molar-refractivity contribution in [2.24, 2.45) is 0 Å². The van der Waals surface area contributed by atoms with Crippen molar-refractivity contribution in [2.45, 2.75) is 77.2 Å². The topological polar surface area (TPSA) is 150 Å². The summed E-state index contributed by atoms with van der Waals surface area (Å²) < 4.78 is 35.6. The number of carbonyl (C=O) groups is 2. The summed E-state index contributed by atoms with van der Waals surface area (Å²) in [5.74, 6) is -0.339. The van der Waals surface area contributed by atoms with Crippen LogP contribution in [-0.2, 0) is 38.9 Å². The Hall–Kier alpha value is -3.45. The number of hydrogen-bond acceptors (Lipinski definition) is 7. The standard InChI is InChI=1S/C31H42N4O5S.CH2O2/c1-4-23-20-34-12-15-41(38,39)35(21(2)3)28-18-24(17-26(23)30(28)34)31(37)33-27(16-22-8-6-5-7-9-22)29(36)19-32-25-10-13-40-14-11-25;2-1-3/h5-9,17-18,20-21,25,27,29,32,36H,4,10-16,19H2,1-3H3,(H,33,37);1H,(H,2,3)/t27-,29+;/m0./s1. The van der Waals surface area contributed by atoms with Gasteiger partial charge in [-0.1, -0.05) is 37.3 Å². The van der Waals surface area contributed by atoms with Gasteiger partial charge in [0.05, 0.1) is 29.1 Å². The summed E-state index contributed by atoms with van der Waals surface area (Å²) in [7, 11) is -3.58. The van der Waals surface area contributed by atoms with E-state index < -0.39 is 22.2 Å². The number of ether oxygens (including phenoxy) is 1. The van der Waals surface area contributed by atoms with Crippen LogP contribution in [0.2, 0.25) is 0 Å². The van der Waals surface area contributed by atoms with Crippen LogP contribution >= 0.6 is 0 Å².